The summed E-state index contributed by atoms with van der Waals surface area (Å²) in [6.07, 6.45) is 0.741. The monoisotopic (exact) mass is 389 g/mol. The number of fused-ring (bicyclic) bond motifs is 2. The predicted octanol–water partition coefficient (Wildman–Crippen LogP) is 3.76. The van der Waals surface area contributed by atoms with Crippen LogP contribution in [0.5, 0.6) is 0 Å². The summed E-state index contributed by atoms with van der Waals surface area (Å²) < 4.78 is 0. The van der Waals surface area contributed by atoms with Crippen molar-refractivity contribution in [1.29, 1.82) is 0 Å². The predicted molar refractivity (Wildman–Crippen MR) is 118 cm³/mol. The second-order valence-corrected chi connectivity index (χ2v) is 8.17. The number of hydrogen-bond donors (Lipinski definition) is 2. The number of amides is 1. The molecule has 150 valence electrons. The highest BCUT2D eigenvalue weighted by molar-refractivity contribution is 5.93. The van der Waals surface area contributed by atoms with Crippen LogP contribution in [0.1, 0.15) is 33.5 Å². The SMILES string of the molecule is Cc1ccc(NC(=O)CN2CCc3[nH]c4c(C)c(C)ccc4c(=O)c3C2)c(C)c1. The Morgan fingerprint density at radius 3 is 2.66 bits per heavy atom. The average Bonchev–Trinajstić information content (AvgIpc) is 2.68. The van der Waals surface area contributed by atoms with Gasteiger partial charge in [-0.25, -0.2) is 0 Å². The molecule has 1 aliphatic rings. The number of hydrogen-bond acceptors (Lipinski definition) is 3. The fourth-order valence-electron chi connectivity index (χ4n) is 4.13. The number of aryl methyl sites for hydroxylation is 4. The largest absolute Gasteiger partial charge is 0.358 e. The first-order valence-corrected chi connectivity index (χ1v) is 10.1. The molecule has 1 amide bonds. The van der Waals surface area contributed by atoms with E-state index in [9.17, 15) is 9.59 Å². The molecule has 0 fully saturated rings. The van der Waals surface area contributed by atoms with Gasteiger partial charge in [-0.1, -0.05) is 23.8 Å². The molecule has 1 aliphatic heterocycles. The van der Waals surface area contributed by atoms with Crippen molar-refractivity contribution in [3.8, 4) is 0 Å². The van der Waals surface area contributed by atoms with Crippen LogP contribution in [0.4, 0.5) is 5.69 Å². The highest BCUT2D eigenvalue weighted by atomic mass is 16.2. The van der Waals surface area contributed by atoms with Gasteiger partial charge >= 0.3 is 0 Å². The number of carbonyl (C=O) groups excluding carboxylic acids is 1. The summed E-state index contributed by atoms with van der Waals surface area (Å²) in [5.74, 6) is -0.0518. The summed E-state index contributed by atoms with van der Waals surface area (Å²) in [5.41, 5.74) is 8.17. The van der Waals surface area contributed by atoms with E-state index in [0.717, 1.165) is 51.9 Å². The molecule has 1 aromatic heterocycles. The highest BCUT2D eigenvalue weighted by Gasteiger charge is 2.23. The Labute approximate surface area is 170 Å². The molecule has 5 heteroatoms. The first-order valence-electron chi connectivity index (χ1n) is 10.1. The maximum absolute atomic E-state index is 13.1. The van der Waals surface area contributed by atoms with Gasteiger partial charge in [0, 0.05) is 41.8 Å². The van der Waals surface area contributed by atoms with E-state index in [1.165, 1.54) is 11.1 Å². The Balaban J connectivity index is 1.54. The molecule has 2 aromatic carbocycles. The van der Waals surface area contributed by atoms with Crippen molar-refractivity contribution in [2.45, 2.75) is 40.7 Å². The van der Waals surface area contributed by atoms with Gasteiger partial charge in [0.05, 0.1) is 12.1 Å². The lowest BCUT2D eigenvalue weighted by Crippen LogP contribution is -2.39. The molecule has 2 N–H and O–H groups in total. The lowest BCUT2D eigenvalue weighted by atomic mass is 9.99. The number of aromatic amines is 1. The fourth-order valence-corrected chi connectivity index (χ4v) is 4.13. The Hall–Kier alpha value is -2.92. The van der Waals surface area contributed by atoms with E-state index in [1.807, 2.05) is 49.9 Å². The van der Waals surface area contributed by atoms with Crippen molar-refractivity contribution in [2.24, 2.45) is 0 Å². The van der Waals surface area contributed by atoms with Crippen molar-refractivity contribution in [3.63, 3.8) is 0 Å². The molecular weight excluding hydrogens is 362 g/mol. The summed E-state index contributed by atoms with van der Waals surface area (Å²) in [7, 11) is 0. The van der Waals surface area contributed by atoms with Crippen LogP contribution in [0.3, 0.4) is 0 Å². The van der Waals surface area contributed by atoms with Crippen molar-refractivity contribution in [1.82, 2.24) is 9.88 Å². The molecule has 0 spiro atoms. The molecule has 4 rings (SSSR count). The maximum atomic E-state index is 13.1. The Morgan fingerprint density at radius 1 is 1.10 bits per heavy atom. The summed E-state index contributed by atoms with van der Waals surface area (Å²) in [5, 5.41) is 3.73. The van der Waals surface area contributed by atoms with Crippen LogP contribution in [0.15, 0.2) is 35.1 Å². The minimum Gasteiger partial charge on any atom is -0.358 e. The number of pyridine rings is 1. The molecule has 0 aliphatic carbocycles. The number of anilines is 1. The van der Waals surface area contributed by atoms with Crippen molar-refractivity contribution in [2.75, 3.05) is 18.4 Å². The molecule has 0 bridgehead atoms. The van der Waals surface area contributed by atoms with Gasteiger partial charge in [0.2, 0.25) is 5.91 Å². The van der Waals surface area contributed by atoms with E-state index in [0.29, 0.717) is 6.54 Å². The Kier molecular flexibility index (Phi) is 5.01. The molecule has 5 nitrogen and oxygen atoms in total. The van der Waals surface area contributed by atoms with E-state index in [4.69, 9.17) is 0 Å². The third-order valence-corrected chi connectivity index (χ3v) is 5.98. The summed E-state index contributed by atoms with van der Waals surface area (Å²) in [6.45, 7) is 9.65. The van der Waals surface area contributed by atoms with Crippen LogP contribution in [0.25, 0.3) is 10.9 Å². The van der Waals surface area contributed by atoms with Crippen LogP contribution in [0, 0.1) is 27.7 Å². The maximum Gasteiger partial charge on any atom is 0.238 e. The number of nitrogens with zero attached hydrogens (tertiary/aromatic N) is 1. The van der Waals surface area contributed by atoms with Crippen LogP contribution in [-0.2, 0) is 17.8 Å². The van der Waals surface area contributed by atoms with Gasteiger partial charge in [-0.15, -0.1) is 0 Å². The van der Waals surface area contributed by atoms with E-state index >= 15 is 0 Å². The van der Waals surface area contributed by atoms with Gasteiger partial charge in [0.1, 0.15) is 0 Å². The molecule has 3 aromatic rings. The quantitative estimate of drug-likeness (QED) is 0.717. The van der Waals surface area contributed by atoms with Crippen LogP contribution >= 0.6 is 0 Å². The van der Waals surface area contributed by atoms with Crippen LogP contribution in [0.2, 0.25) is 0 Å². The summed E-state index contributed by atoms with van der Waals surface area (Å²) in [4.78, 5) is 31.2. The first kappa shape index (κ1) is 19.4. The zero-order valence-corrected chi connectivity index (χ0v) is 17.5. The number of rotatable bonds is 3. The van der Waals surface area contributed by atoms with E-state index < -0.39 is 0 Å². The lowest BCUT2D eigenvalue weighted by molar-refractivity contribution is -0.117. The molecular formula is C24H27N3O2. The summed E-state index contributed by atoms with van der Waals surface area (Å²) >= 11 is 0. The Bertz CT molecular complexity index is 1180. The lowest BCUT2D eigenvalue weighted by Gasteiger charge is -2.28. The number of benzene rings is 2. The zero-order chi connectivity index (χ0) is 20.7. The third kappa shape index (κ3) is 3.70. The first-order chi connectivity index (χ1) is 13.8. The van der Waals surface area contributed by atoms with Gasteiger partial charge in [0.15, 0.2) is 5.43 Å². The van der Waals surface area contributed by atoms with Crippen molar-refractivity contribution in [3.05, 3.63) is 74.1 Å². The highest BCUT2D eigenvalue weighted by Crippen LogP contribution is 2.22. The minimum atomic E-state index is -0.0518. The molecule has 0 saturated carbocycles. The standard InChI is InChI=1S/C24H27N3O2/c1-14-5-8-20(16(3)11-14)25-22(28)13-27-10-9-21-19(12-27)24(29)18-7-6-15(2)17(4)23(18)26-21/h5-8,11H,9-10,12-13H2,1-4H3,(H,25,28)(H,26,29). The van der Waals surface area contributed by atoms with Crippen molar-refractivity contribution < 1.29 is 4.79 Å². The van der Waals surface area contributed by atoms with Gasteiger partial charge in [-0.3, -0.25) is 14.5 Å². The van der Waals surface area contributed by atoms with Gasteiger partial charge in [0.25, 0.3) is 0 Å². The molecule has 0 unspecified atom stereocenters. The number of nitrogens with one attached hydrogen (secondary N) is 2. The third-order valence-electron chi connectivity index (χ3n) is 5.98. The number of carbonyl (C=O) groups is 1. The van der Waals surface area contributed by atoms with Crippen LogP contribution < -0.4 is 10.7 Å². The van der Waals surface area contributed by atoms with E-state index in [1.54, 1.807) is 0 Å². The minimum absolute atomic E-state index is 0.0518. The zero-order valence-electron chi connectivity index (χ0n) is 17.5. The summed E-state index contributed by atoms with van der Waals surface area (Å²) in [6, 6.07) is 9.89. The van der Waals surface area contributed by atoms with E-state index in [2.05, 4.69) is 23.3 Å². The van der Waals surface area contributed by atoms with E-state index in [-0.39, 0.29) is 17.9 Å². The smallest absolute Gasteiger partial charge is 0.238 e. The normalized spacial score (nSPS) is 14.1. The van der Waals surface area contributed by atoms with Crippen LogP contribution in [-0.4, -0.2) is 28.9 Å². The molecule has 0 saturated heterocycles. The molecule has 2 heterocycles. The van der Waals surface area contributed by atoms with Gasteiger partial charge in [-0.2, -0.15) is 0 Å². The van der Waals surface area contributed by atoms with Crippen molar-refractivity contribution >= 4 is 22.5 Å². The topological polar surface area (TPSA) is 65.2 Å². The fraction of sp³-hybridized carbons (Fsp3) is 0.333. The van der Waals surface area contributed by atoms with Gasteiger partial charge < -0.3 is 10.3 Å². The molecule has 0 atom stereocenters. The number of aromatic nitrogens is 1. The average molecular weight is 389 g/mol. The molecule has 29 heavy (non-hydrogen) atoms. The Morgan fingerprint density at radius 2 is 1.90 bits per heavy atom. The van der Waals surface area contributed by atoms with Gasteiger partial charge in [-0.05, 0) is 56.5 Å². The second-order valence-electron chi connectivity index (χ2n) is 8.17. The molecule has 0 radical (unpaired) electrons. The number of H-pyrrole nitrogens is 1. The second kappa shape index (κ2) is 7.48.